The molecule has 0 aliphatic carbocycles. The summed E-state index contributed by atoms with van der Waals surface area (Å²) in [6.45, 7) is 1.40. The van der Waals surface area contributed by atoms with Crippen molar-refractivity contribution in [2.24, 2.45) is 0 Å². The van der Waals surface area contributed by atoms with Crippen LogP contribution in [0.3, 0.4) is 0 Å². The third-order valence-corrected chi connectivity index (χ3v) is 2.28. The zero-order valence-corrected chi connectivity index (χ0v) is 7.63. The predicted octanol–water partition coefficient (Wildman–Crippen LogP) is -1.34. The normalized spacial score (nSPS) is 21.1. The van der Waals surface area contributed by atoms with Crippen LogP contribution in [0.4, 0.5) is 0 Å². The minimum Gasteiger partial charge on any atom is -0.423 e. The van der Waals surface area contributed by atoms with Gasteiger partial charge in [0.2, 0.25) is 0 Å². The predicted molar refractivity (Wildman–Crippen MR) is 50.0 cm³/mol. The van der Waals surface area contributed by atoms with E-state index in [-0.39, 0.29) is 5.92 Å². The van der Waals surface area contributed by atoms with Gasteiger partial charge in [0.1, 0.15) is 5.82 Å². The van der Waals surface area contributed by atoms with Gasteiger partial charge < -0.3 is 14.8 Å². The summed E-state index contributed by atoms with van der Waals surface area (Å²) in [7, 11) is -1.50. The molecule has 2 heterocycles. The van der Waals surface area contributed by atoms with E-state index in [9.17, 15) is 0 Å². The molecule has 74 valence electrons. The highest BCUT2D eigenvalue weighted by Gasteiger charge is 2.21. The van der Waals surface area contributed by atoms with Crippen molar-refractivity contribution in [1.82, 2.24) is 9.97 Å². The van der Waals surface area contributed by atoms with E-state index in [1.165, 1.54) is 12.4 Å². The minimum absolute atomic E-state index is 0.250. The van der Waals surface area contributed by atoms with Crippen LogP contribution in [0.2, 0.25) is 0 Å². The van der Waals surface area contributed by atoms with Crippen molar-refractivity contribution < 1.29 is 14.8 Å². The maximum absolute atomic E-state index is 8.83. The second-order valence-electron chi connectivity index (χ2n) is 3.31. The Hall–Kier alpha value is -0.975. The van der Waals surface area contributed by atoms with E-state index < -0.39 is 7.12 Å². The molecule has 1 saturated heterocycles. The third-order valence-electron chi connectivity index (χ3n) is 2.28. The fraction of sp³-hybridized carbons (Fsp3) is 0.500. The number of aromatic nitrogens is 2. The Morgan fingerprint density at radius 3 is 2.57 bits per heavy atom. The lowest BCUT2D eigenvalue weighted by Gasteiger charge is -2.05. The van der Waals surface area contributed by atoms with Crippen molar-refractivity contribution in [2.45, 2.75) is 12.3 Å². The molecule has 1 aliphatic heterocycles. The van der Waals surface area contributed by atoms with Gasteiger partial charge in [-0.15, -0.1) is 0 Å². The Labute approximate surface area is 81.9 Å². The molecule has 1 aliphatic rings. The number of hydrogen-bond donors (Lipinski definition) is 2. The maximum atomic E-state index is 8.83. The third kappa shape index (κ3) is 1.92. The summed E-state index contributed by atoms with van der Waals surface area (Å²) in [5.74, 6) is 0.965. The lowest BCUT2D eigenvalue weighted by molar-refractivity contribution is 0.193. The van der Waals surface area contributed by atoms with E-state index in [1.54, 1.807) is 0 Å². The number of hydrogen-bond acceptors (Lipinski definition) is 5. The first kappa shape index (κ1) is 9.58. The van der Waals surface area contributed by atoms with E-state index in [2.05, 4.69) is 9.97 Å². The van der Waals surface area contributed by atoms with Crippen LogP contribution in [0.5, 0.6) is 0 Å². The molecule has 2 N–H and O–H groups in total. The van der Waals surface area contributed by atoms with Gasteiger partial charge in [-0.3, -0.25) is 0 Å². The smallest absolute Gasteiger partial charge is 0.423 e. The van der Waals surface area contributed by atoms with Gasteiger partial charge in [0, 0.05) is 30.4 Å². The first-order valence-corrected chi connectivity index (χ1v) is 4.53. The van der Waals surface area contributed by atoms with E-state index in [0.29, 0.717) is 17.9 Å². The zero-order valence-electron chi connectivity index (χ0n) is 7.63. The highest BCUT2D eigenvalue weighted by Crippen LogP contribution is 2.20. The fourth-order valence-electron chi connectivity index (χ4n) is 1.43. The van der Waals surface area contributed by atoms with Crippen molar-refractivity contribution in [3.05, 3.63) is 18.2 Å². The quantitative estimate of drug-likeness (QED) is 0.570. The summed E-state index contributed by atoms with van der Waals surface area (Å²) in [6.07, 6.45) is 3.80. The van der Waals surface area contributed by atoms with Crippen LogP contribution in [0.25, 0.3) is 0 Å². The average molecular weight is 194 g/mol. The van der Waals surface area contributed by atoms with Crippen molar-refractivity contribution in [3.8, 4) is 0 Å². The summed E-state index contributed by atoms with van der Waals surface area (Å²) < 4.78 is 5.21. The fourth-order valence-corrected chi connectivity index (χ4v) is 1.43. The van der Waals surface area contributed by atoms with Crippen molar-refractivity contribution in [3.63, 3.8) is 0 Å². The van der Waals surface area contributed by atoms with Crippen LogP contribution in [-0.2, 0) is 4.74 Å². The Morgan fingerprint density at radius 2 is 2.07 bits per heavy atom. The van der Waals surface area contributed by atoms with Gasteiger partial charge in [0.15, 0.2) is 0 Å². The number of ether oxygens (including phenoxy) is 1. The molecule has 1 aromatic heterocycles. The average Bonchev–Trinajstić information content (AvgIpc) is 2.71. The van der Waals surface area contributed by atoms with Gasteiger partial charge in [0.05, 0.1) is 6.61 Å². The van der Waals surface area contributed by atoms with Crippen molar-refractivity contribution >= 4 is 12.6 Å². The molecular weight excluding hydrogens is 183 g/mol. The topological polar surface area (TPSA) is 75.5 Å². The van der Waals surface area contributed by atoms with Gasteiger partial charge in [-0.05, 0) is 6.42 Å². The monoisotopic (exact) mass is 194 g/mol. The molecule has 6 heteroatoms. The standard InChI is InChI=1S/C8H11BN2O3/c12-9(13)7-3-10-8(11-4-7)6-1-2-14-5-6/h3-4,6,12-13H,1-2,5H2. The van der Waals surface area contributed by atoms with Gasteiger partial charge in [-0.2, -0.15) is 0 Å². The number of rotatable bonds is 2. The van der Waals surface area contributed by atoms with E-state index >= 15 is 0 Å². The SMILES string of the molecule is OB(O)c1cnc(C2CCOC2)nc1. The van der Waals surface area contributed by atoms with E-state index in [1.807, 2.05) is 0 Å². The van der Waals surface area contributed by atoms with Gasteiger partial charge in [-0.25, -0.2) is 9.97 Å². The summed E-state index contributed by atoms with van der Waals surface area (Å²) in [5, 5.41) is 17.7. The van der Waals surface area contributed by atoms with Gasteiger partial charge in [0.25, 0.3) is 0 Å². The number of nitrogens with zero attached hydrogens (tertiary/aromatic N) is 2. The maximum Gasteiger partial charge on any atom is 0.491 e. The van der Waals surface area contributed by atoms with Crippen LogP contribution < -0.4 is 5.46 Å². The molecule has 1 aromatic rings. The molecule has 0 saturated carbocycles. The summed E-state index contributed by atoms with van der Waals surface area (Å²) in [6, 6.07) is 0. The lowest BCUT2D eigenvalue weighted by Crippen LogP contribution is -2.31. The molecule has 1 atom stereocenters. The molecule has 1 unspecified atom stereocenters. The molecular formula is C8H11BN2O3. The second-order valence-corrected chi connectivity index (χ2v) is 3.31. The molecule has 0 radical (unpaired) electrons. The van der Waals surface area contributed by atoms with Crippen LogP contribution >= 0.6 is 0 Å². The van der Waals surface area contributed by atoms with Gasteiger partial charge in [-0.1, -0.05) is 0 Å². The molecule has 0 amide bonds. The molecule has 0 bridgehead atoms. The Bertz CT molecular complexity index is 298. The molecule has 5 nitrogen and oxygen atoms in total. The first-order valence-electron chi connectivity index (χ1n) is 4.53. The van der Waals surface area contributed by atoms with Gasteiger partial charge >= 0.3 is 7.12 Å². The van der Waals surface area contributed by atoms with Crippen molar-refractivity contribution in [2.75, 3.05) is 13.2 Å². The Kier molecular flexibility index (Phi) is 2.76. The summed E-state index contributed by atoms with van der Waals surface area (Å²) in [5.41, 5.74) is 0.313. The van der Waals surface area contributed by atoms with E-state index in [4.69, 9.17) is 14.8 Å². The summed E-state index contributed by atoms with van der Waals surface area (Å²) in [4.78, 5) is 8.14. The highest BCUT2D eigenvalue weighted by molar-refractivity contribution is 6.58. The van der Waals surface area contributed by atoms with Crippen LogP contribution in [-0.4, -0.2) is 40.3 Å². The van der Waals surface area contributed by atoms with Crippen molar-refractivity contribution in [1.29, 1.82) is 0 Å². The zero-order chi connectivity index (χ0) is 9.97. The lowest BCUT2D eigenvalue weighted by atomic mass is 9.83. The Morgan fingerprint density at radius 1 is 1.36 bits per heavy atom. The first-order chi connectivity index (χ1) is 6.77. The Balaban J connectivity index is 2.12. The largest absolute Gasteiger partial charge is 0.491 e. The van der Waals surface area contributed by atoms with Crippen LogP contribution in [0.1, 0.15) is 18.2 Å². The van der Waals surface area contributed by atoms with E-state index in [0.717, 1.165) is 13.0 Å². The van der Waals surface area contributed by atoms with Crippen LogP contribution in [0.15, 0.2) is 12.4 Å². The summed E-state index contributed by atoms with van der Waals surface area (Å²) >= 11 is 0. The highest BCUT2D eigenvalue weighted by atomic mass is 16.5. The molecule has 1 fully saturated rings. The molecule has 0 spiro atoms. The molecule has 14 heavy (non-hydrogen) atoms. The minimum atomic E-state index is -1.50. The molecule has 2 rings (SSSR count). The second kappa shape index (κ2) is 4.04. The molecule has 0 aromatic carbocycles. The van der Waals surface area contributed by atoms with Crippen LogP contribution in [0, 0.1) is 0 Å².